The van der Waals surface area contributed by atoms with Crippen LogP contribution in [0.15, 0.2) is 48.5 Å². The number of esters is 1. The van der Waals surface area contributed by atoms with Crippen LogP contribution in [0.1, 0.15) is 12.5 Å². The zero-order valence-corrected chi connectivity index (χ0v) is 15.1. The van der Waals surface area contributed by atoms with Gasteiger partial charge in [-0.15, -0.1) is 0 Å². The van der Waals surface area contributed by atoms with Crippen molar-refractivity contribution in [3.8, 4) is 17.2 Å². The molecule has 27 heavy (non-hydrogen) atoms. The Bertz CT molecular complexity index is 792. The Morgan fingerprint density at radius 3 is 2.59 bits per heavy atom. The second kappa shape index (κ2) is 8.93. The second-order valence-corrected chi connectivity index (χ2v) is 5.86. The largest absolute Gasteiger partial charge is 0.482 e. The number of benzene rings is 2. The summed E-state index contributed by atoms with van der Waals surface area (Å²) in [6.45, 7) is 2.39. The Morgan fingerprint density at radius 1 is 1.04 bits per heavy atom. The highest BCUT2D eigenvalue weighted by molar-refractivity contribution is 5.81. The zero-order chi connectivity index (χ0) is 19.1. The van der Waals surface area contributed by atoms with Gasteiger partial charge in [0.15, 0.2) is 24.7 Å². The van der Waals surface area contributed by atoms with Crippen LogP contribution in [0.4, 0.5) is 0 Å². The summed E-state index contributed by atoms with van der Waals surface area (Å²) in [4.78, 5) is 25.7. The minimum atomic E-state index is -0.591. The van der Waals surface area contributed by atoms with E-state index in [9.17, 15) is 9.59 Å². The van der Waals surface area contributed by atoms with E-state index >= 15 is 0 Å². The van der Waals surface area contributed by atoms with Gasteiger partial charge in [0.05, 0.1) is 0 Å². The normalized spacial score (nSPS) is 11.7. The maximum absolute atomic E-state index is 12.3. The molecule has 3 rings (SSSR count). The van der Waals surface area contributed by atoms with Gasteiger partial charge in [-0.2, -0.15) is 0 Å². The average molecular weight is 371 g/mol. The molecule has 0 saturated heterocycles. The average Bonchev–Trinajstić information content (AvgIpc) is 3.17. The molecule has 1 aliphatic heterocycles. The third-order valence-electron chi connectivity index (χ3n) is 4.00. The number of fused-ring (bicyclic) bond motifs is 1. The Kier molecular flexibility index (Phi) is 6.14. The summed E-state index contributed by atoms with van der Waals surface area (Å²) in [5.41, 5.74) is 0.910. The summed E-state index contributed by atoms with van der Waals surface area (Å²) in [5, 5.41) is 0. The van der Waals surface area contributed by atoms with Crippen molar-refractivity contribution in [1.82, 2.24) is 4.90 Å². The third-order valence-corrected chi connectivity index (χ3v) is 4.00. The van der Waals surface area contributed by atoms with E-state index in [4.69, 9.17) is 18.9 Å². The van der Waals surface area contributed by atoms with Gasteiger partial charge in [-0.3, -0.25) is 4.79 Å². The predicted molar refractivity (Wildman–Crippen MR) is 96.6 cm³/mol. The maximum Gasteiger partial charge on any atom is 0.344 e. The van der Waals surface area contributed by atoms with Gasteiger partial charge in [0, 0.05) is 13.1 Å². The van der Waals surface area contributed by atoms with Gasteiger partial charge in [0.1, 0.15) is 5.75 Å². The van der Waals surface area contributed by atoms with Gasteiger partial charge < -0.3 is 23.8 Å². The molecule has 0 fully saturated rings. The first kappa shape index (κ1) is 18.6. The van der Waals surface area contributed by atoms with Crippen molar-refractivity contribution in [2.24, 2.45) is 0 Å². The highest BCUT2D eigenvalue weighted by atomic mass is 16.7. The molecule has 2 aromatic rings. The molecule has 0 unspecified atom stereocenters. The van der Waals surface area contributed by atoms with Crippen LogP contribution in [0.5, 0.6) is 17.2 Å². The number of para-hydroxylation sites is 1. The molecule has 0 radical (unpaired) electrons. The number of nitrogens with zero attached hydrogens (tertiary/aromatic N) is 1. The number of hydrogen-bond acceptors (Lipinski definition) is 6. The number of carbonyl (C=O) groups is 2. The number of rotatable bonds is 8. The smallest absolute Gasteiger partial charge is 0.344 e. The van der Waals surface area contributed by atoms with E-state index in [1.807, 2.05) is 31.2 Å². The molecule has 0 spiro atoms. The third kappa shape index (κ3) is 5.13. The Hall–Kier alpha value is -3.22. The standard InChI is InChI=1S/C20H21NO6/c1-2-21(11-15-8-9-17-18(10-15)27-14-26-17)19(22)12-25-20(23)13-24-16-6-4-3-5-7-16/h3-10H,2,11-14H2,1H3. The molecule has 0 aliphatic carbocycles. The van der Waals surface area contributed by atoms with E-state index in [-0.39, 0.29) is 25.9 Å². The van der Waals surface area contributed by atoms with Crippen molar-refractivity contribution in [2.75, 3.05) is 26.6 Å². The highest BCUT2D eigenvalue weighted by Crippen LogP contribution is 2.32. The van der Waals surface area contributed by atoms with Gasteiger partial charge in [0.25, 0.3) is 5.91 Å². The molecule has 7 nitrogen and oxygen atoms in total. The lowest BCUT2D eigenvalue weighted by atomic mass is 10.2. The van der Waals surface area contributed by atoms with Crippen LogP contribution in [0.25, 0.3) is 0 Å². The van der Waals surface area contributed by atoms with Gasteiger partial charge in [-0.25, -0.2) is 4.79 Å². The molecular weight excluding hydrogens is 350 g/mol. The molecule has 0 bridgehead atoms. The van der Waals surface area contributed by atoms with Crippen molar-refractivity contribution in [2.45, 2.75) is 13.5 Å². The molecular formula is C20H21NO6. The van der Waals surface area contributed by atoms with Gasteiger partial charge in [-0.05, 0) is 36.8 Å². The van der Waals surface area contributed by atoms with Crippen LogP contribution < -0.4 is 14.2 Å². The van der Waals surface area contributed by atoms with Crippen molar-refractivity contribution in [3.63, 3.8) is 0 Å². The fourth-order valence-electron chi connectivity index (χ4n) is 2.57. The summed E-state index contributed by atoms with van der Waals surface area (Å²) in [5.74, 6) is 1.06. The first-order valence-electron chi connectivity index (χ1n) is 8.65. The summed E-state index contributed by atoms with van der Waals surface area (Å²) in [7, 11) is 0. The number of hydrogen-bond donors (Lipinski definition) is 0. The van der Waals surface area contributed by atoms with Crippen LogP contribution >= 0.6 is 0 Å². The van der Waals surface area contributed by atoms with E-state index in [0.717, 1.165) is 5.56 Å². The summed E-state index contributed by atoms with van der Waals surface area (Å²) in [6.07, 6.45) is 0. The lowest BCUT2D eigenvalue weighted by molar-refractivity contribution is -0.153. The Balaban J connectivity index is 1.46. The molecule has 0 atom stereocenters. The van der Waals surface area contributed by atoms with Crippen LogP contribution in [0.3, 0.4) is 0 Å². The minimum Gasteiger partial charge on any atom is -0.482 e. The highest BCUT2D eigenvalue weighted by Gasteiger charge is 2.18. The van der Waals surface area contributed by atoms with Crippen LogP contribution in [-0.2, 0) is 20.9 Å². The summed E-state index contributed by atoms with van der Waals surface area (Å²) >= 11 is 0. The maximum atomic E-state index is 12.3. The predicted octanol–water partition coefficient (Wildman–Crippen LogP) is 2.39. The summed E-state index contributed by atoms with van der Waals surface area (Å²) in [6, 6.07) is 14.5. The van der Waals surface area contributed by atoms with Crippen LogP contribution in [0.2, 0.25) is 0 Å². The SMILES string of the molecule is CCN(Cc1ccc2c(c1)OCO2)C(=O)COC(=O)COc1ccccc1. The molecule has 0 saturated carbocycles. The van der Waals surface area contributed by atoms with Crippen molar-refractivity contribution in [3.05, 3.63) is 54.1 Å². The van der Waals surface area contributed by atoms with Crippen LogP contribution in [-0.4, -0.2) is 43.3 Å². The molecule has 2 aromatic carbocycles. The van der Waals surface area contributed by atoms with E-state index in [1.54, 1.807) is 29.2 Å². The van der Waals surface area contributed by atoms with E-state index in [2.05, 4.69) is 0 Å². The van der Waals surface area contributed by atoms with Crippen LogP contribution in [0, 0.1) is 0 Å². The first-order valence-corrected chi connectivity index (χ1v) is 8.65. The topological polar surface area (TPSA) is 74.3 Å². The Morgan fingerprint density at radius 2 is 1.81 bits per heavy atom. The molecule has 0 aromatic heterocycles. The minimum absolute atomic E-state index is 0.205. The monoisotopic (exact) mass is 371 g/mol. The van der Waals surface area contributed by atoms with Crippen molar-refractivity contribution >= 4 is 11.9 Å². The number of carbonyl (C=O) groups excluding carboxylic acids is 2. The molecule has 142 valence electrons. The quantitative estimate of drug-likeness (QED) is 0.664. The van der Waals surface area contributed by atoms with Gasteiger partial charge in [0.2, 0.25) is 6.79 Å². The lowest BCUT2D eigenvalue weighted by Crippen LogP contribution is -2.34. The molecule has 0 N–H and O–H groups in total. The fraction of sp³-hybridized carbons (Fsp3) is 0.300. The fourth-order valence-corrected chi connectivity index (χ4v) is 2.57. The second-order valence-electron chi connectivity index (χ2n) is 5.86. The summed E-state index contributed by atoms with van der Waals surface area (Å²) < 4.78 is 20.9. The van der Waals surface area contributed by atoms with E-state index < -0.39 is 5.97 Å². The van der Waals surface area contributed by atoms with Crippen molar-refractivity contribution < 1.29 is 28.5 Å². The number of amides is 1. The molecule has 7 heteroatoms. The Labute approximate surface area is 157 Å². The molecule has 1 heterocycles. The van der Waals surface area contributed by atoms with E-state index in [1.165, 1.54) is 0 Å². The lowest BCUT2D eigenvalue weighted by Gasteiger charge is -2.21. The van der Waals surface area contributed by atoms with Gasteiger partial charge in [-0.1, -0.05) is 24.3 Å². The zero-order valence-electron chi connectivity index (χ0n) is 15.1. The van der Waals surface area contributed by atoms with Gasteiger partial charge >= 0.3 is 5.97 Å². The number of ether oxygens (including phenoxy) is 4. The van der Waals surface area contributed by atoms with E-state index in [0.29, 0.717) is 30.3 Å². The van der Waals surface area contributed by atoms with Crippen molar-refractivity contribution in [1.29, 1.82) is 0 Å². The molecule has 1 aliphatic rings. The first-order chi connectivity index (χ1) is 13.2. The number of likely N-dealkylation sites (N-methyl/N-ethyl adjacent to an activating group) is 1. The molecule has 1 amide bonds.